The lowest BCUT2D eigenvalue weighted by Crippen LogP contribution is -2.23. The monoisotopic (exact) mass is 213 g/mol. The molecule has 1 saturated carbocycles. The Balaban J connectivity index is 2.36. The van der Waals surface area contributed by atoms with Gasteiger partial charge < -0.3 is 5.73 Å². The minimum Gasteiger partial charge on any atom is -0.383 e. The second-order valence-corrected chi connectivity index (χ2v) is 5.13. The van der Waals surface area contributed by atoms with Gasteiger partial charge in [-0.15, -0.1) is 0 Å². The molecule has 0 aromatic carbocycles. The van der Waals surface area contributed by atoms with Gasteiger partial charge in [-0.2, -0.15) is 5.10 Å². The third-order valence-electron chi connectivity index (χ3n) is 3.28. The van der Waals surface area contributed by atoms with Crippen molar-refractivity contribution in [2.24, 2.45) is 5.41 Å². The highest BCUT2D eigenvalue weighted by Crippen LogP contribution is 2.46. The smallest absolute Gasteiger partial charge is 0.140 e. The summed E-state index contributed by atoms with van der Waals surface area (Å²) in [7, 11) is 0. The topological polar surface area (TPSA) is 43.8 Å². The van der Waals surface area contributed by atoms with Crippen molar-refractivity contribution in [3.63, 3.8) is 0 Å². The van der Waals surface area contributed by atoms with Crippen LogP contribution in [0.1, 0.15) is 39.2 Å². The number of nitrogens with zero attached hydrogens (tertiary/aromatic N) is 2. The molecule has 1 atom stereocenters. The summed E-state index contributed by atoms with van der Waals surface area (Å²) < 4.78 is 1.88. The van der Waals surface area contributed by atoms with E-state index in [-0.39, 0.29) is 5.41 Å². The number of nitrogens with two attached hydrogens (primary N) is 1. The van der Waals surface area contributed by atoms with Crippen LogP contribution in [0.5, 0.6) is 0 Å². The molecule has 2 rings (SSSR count). The summed E-state index contributed by atoms with van der Waals surface area (Å²) in [4.78, 5) is 0. The van der Waals surface area contributed by atoms with Crippen LogP contribution in [0.15, 0.2) is 6.20 Å². The highest BCUT2D eigenvalue weighted by molar-refractivity contribution is 6.32. The molecule has 1 aliphatic rings. The van der Waals surface area contributed by atoms with E-state index in [1.807, 2.05) is 4.68 Å². The van der Waals surface area contributed by atoms with E-state index < -0.39 is 0 Å². The highest BCUT2D eigenvalue weighted by atomic mass is 35.5. The Morgan fingerprint density at radius 2 is 2.36 bits per heavy atom. The van der Waals surface area contributed by atoms with Crippen LogP contribution in [0.2, 0.25) is 5.02 Å². The standard InChI is InChI=1S/C10H16ClN3/c1-10(2)5-3-4-8(10)14-9(12)7(11)6-13-14/h6,8H,3-5,12H2,1-2H3. The van der Waals surface area contributed by atoms with Gasteiger partial charge in [0.2, 0.25) is 0 Å². The van der Waals surface area contributed by atoms with E-state index in [9.17, 15) is 0 Å². The molecule has 1 aliphatic carbocycles. The Morgan fingerprint density at radius 3 is 2.79 bits per heavy atom. The Kier molecular flexibility index (Phi) is 2.22. The molecule has 1 aromatic rings. The van der Waals surface area contributed by atoms with Crippen molar-refractivity contribution in [2.45, 2.75) is 39.2 Å². The number of aromatic nitrogens is 2. The van der Waals surface area contributed by atoms with E-state index in [4.69, 9.17) is 17.3 Å². The molecule has 1 heterocycles. The number of rotatable bonds is 1. The molecule has 14 heavy (non-hydrogen) atoms. The Bertz CT molecular complexity index is 343. The number of nitrogen functional groups attached to an aromatic ring is 1. The summed E-state index contributed by atoms with van der Waals surface area (Å²) in [6, 6.07) is 0.398. The molecule has 0 aliphatic heterocycles. The molecule has 0 saturated heterocycles. The van der Waals surface area contributed by atoms with Crippen LogP contribution in [-0.2, 0) is 0 Å². The van der Waals surface area contributed by atoms with Gasteiger partial charge in [-0.3, -0.25) is 0 Å². The summed E-state index contributed by atoms with van der Waals surface area (Å²) in [5.41, 5.74) is 6.15. The predicted molar refractivity (Wildman–Crippen MR) is 58.3 cm³/mol. The van der Waals surface area contributed by atoms with Crippen LogP contribution in [0.25, 0.3) is 0 Å². The molecule has 4 heteroatoms. The first-order valence-corrected chi connectivity index (χ1v) is 5.38. The van der Waals surface area contributed by atoms with Crippen LogP contribution >= 0.6 is 11.6 Å². The normalized spacial score (nSPS) is 25.5. The van der Waals surface area contributed by atoms with Gasteiger partial charge in [0.05, 0.1) is 12.2 Å². The fourth-order valence-corrected chi connectivity index (χ4v) is 2.49. The molecule has 0 radical (unpaired) electrons. The van der Waals surface area contributed by atoms with Crippen molar-refractivity contribution in [1.29, 1.82) is 0 Å². The first kappa shape index (κ1) is 9.84. The van der Waals surface area contributed by atoms with Gasteiger partial charge in [-0.25, -0.2) is 4.68 Å². The molecular weight excluding hydrogens is 198 g/mol. The fourth-order valence-electron chi connectivity index (χ4n) is 2.36. The van der Waals surface area contributed by atoms with Gasteiger partial charge in [0.1, 0.15) is 10.8 Å². The lowest BCUT2D eigenvalue weighted by atomic mass is 9.87. The van der Waals surface area contributed by atoms with E-state index in [0.29, 0.717) is 16.9 Å². The molecule has 0 spiro atoms. The third-order valence-corrected chi connectivity index (χ3v) is 3.57. The second kappa shape index (κ2) is 3.16. The molecular formula is C10H16ClN3. The maximum atomic E-state index is 5.89. The summed E-state index contributed by atoms with van der Waals surface area (Å²) in [5.74, 6) is 0.603. The van der Waals surface area contributed by atoms with E-state index in [2.05, 4.69) is 18.9 Å². The molecule has 78 valence electrons. The summed E-state index contributed by atoms with van der Waals surface area (Å²) in [5, 5.41) is 4.82. The summed E-state index contributed by atoms with van der Waals surface area (Å²) >= 11 is 5.89. The molecule has 1 aromatic heterocycles. The lowest BCUT2D eigenvalue weighted by molar-refractivity contribution is 0.246. The second-order valence-electron chi connectivity index (χ2n) is 4.72. The average molecular weight is 214 g/mol. The van der Waals surface area contributed by atoms with Gasteiger partial charge >= 0.3 is 0 Å². The van der Waals surface area contributed by atoms with Crippen LogP contribution < -0.4 is 5.73 Å². The molecule has 1 unspecified atom stereocenters. The fraction of sp³-hybridized carbons (Fsp3) is 0.700. The first-order valence-electron chi connectivity index (χ1n) is 5.01. The minimum absolute atomic E-state index is 0.281. The summed E-state index contributed by atoms with van der Waals surface area (Å²) in [6.45, 7) is 4.53. The van der Waals surface area contributed by atoms with Gasteiger partial charge in [0.15, 0.2) is 0 Å². The van der Waals surface area contributed by atoms with Crippen molar-refractivity contribution in [2.75, 3.05) is 5.73 Å². The predicted octanol–water partition coefficient (Wildman–Crippen LogP) is 2.87. The number of hydrogen-bond acceptors (Lipinski definition) is 2. The molecule has 0 bridgehead atoms. The quantitative estimate of drug-likeness (QED) is 0.780. The lowest BCUT2D eigenvalue weighted by Gasteiger charge is -2.27. The molecule has 1 fully saturated rings. The largest absolute Gasteiger partial charge is 0.383 e. The first-order chi connectivity index (χ1) is 6.52. The third kappa shape index (κ3) is 1.40. The van der Waals surface area contributed by atoms with Gasteiger partial charge in [-0.05, 0) is 18.3 Å². The van der Waals surface area contributed by atoms with E-state index in [1.165, 1.54) is 12.8 Å². The zero-order valence-corrected chi connectivity index (χ0v) is 9.38. The van der Waals surface area contributed by atoms with Crippen LogP contribution in [0.3, 0.4) is 0 Å². The maximum Gasteiger partial charge on any atom is 0.140 e. The molecule has 2 N–H and O–H groups in total. The summed E-state index contributed by atoms with van der Waals surface area (Å²) in [6.07, 6.45) is 5.25. The van der Waals surface area contributed by atoms with Crippen molar-refractivity contribution in [3.05, 3.63) is 11.2 Å². The minimum atomic E-state index is 0.281. The van der Waals surface area contributed by atoms with Gasteiger partial charge in [0.25, 0.3) is 0 Å². The zero-order chi connectivity index (χ0) is 10.3. The van der Waals surface area contributed by atoms with Crippen molar-refractivity contribution >= 4 is 17.4 Å². The van der Waals surface area contributed by atoms with Gasteiger partial charge in [0, 0.05) is 0 Å². The Labute approximate surface area is 89.2 Å². The average Bonchev–Trinajstić information content (AvgIpc) is 2.59. The maximum absolute atomic E-state index is 5.89. The Hall–Kier alpha value is -0.700. The molecule has 3 nitrogen and oxygen atoms in total. The van der Waals surface area contributed by atoms with Crippen LogP contribution in [0.4, 0.5) is 5.82 Å². The van der Waals surface area contributed by atoms with Gasteiger partial charge in [-0.1, -0.05) is 31.9 Å². The number of hydrogen-bond donors (Lipinski definition) is 1. The Morgan fingerprint density at radius 1 is 1.64 bits per heavy atom. The van der Waals surface area contributed by atoms with E-state index in [1.54, 1.807) is 6.20 Å². The van der Waals surface area contributed by atoms with Crippen molar-refractivity contribution in [3.8, 4) is 0 Å². The van der Waals surface area contributed by atoms with E-state index >= 15 is 0 Å². The van der Waals surface area contributed by atoms with Crippen molar-refractivity contribution < 1.29 is 0 Å². The number of anilines is 1. The van der Waals surface area contributed by atoms with Crippen molar-refractivity contribution in [1.82, 2.24) is 9.78 Å². The molecule has 0 amide bonds. The van der Waals surface area contributed by atoms with E-state index in [0.717, 1.165) is 6.42 Å². The number of halogens is 1. The zero-order valence-electron chi connectivity index (χ0n) is 8.63. The SMILES string of the molecule is CC1(C)CCCC1n1ncc(Cl)c1N. The van der Waals surface area contributed by atoms with Crippen LogP contribution in [-0.4, -0.2) is 9.78 Å². The highest BCUT2D eigenvalue weighted by Gasteiger charge is 2.37. The van der Waals surface area contributed by atoms with Crippen LogP contribution in [0, 0.1) is 5.41 Å².